The van der Waals surface area contributed by atoms with Crippen LogP contribution < -0.4 is 0 Å². The van der Waals surface area contributed by atoms with Gasteiger partial charge in [-0.2, -0.15) is 0 Å². The van der Waals surface area contributed by atoms with Crippen molar-refractivity contribution in [3.05, 3.63) is 35.4 Å². The number of aliphatic carboxylic acids is 1. The van der Waals surface area contributed by atoms with Gasteiger partial charge < -0.3 is 10.2 Å². The number of hydrogen-bond donors (Lipinski definition) is 2. The lowest BCUT2D eigenvalue weighted by atomic mass is 9.96. The summed E-state index contributed by atoms with van der Waals surface area (Å²) in [5.41, 5.74) is 1.16. The molecule has 0 spiro atoms. The molecule has 0 saturated carbocycles. The zero-order chi connectivity index (χ0) is 12.2. The molecule has 0 aliphatic heterocycles. The molecule has 0 aromatic heterocycles. The van der Waals surface area contributed by atoms with Crippen LogP contribution in [-0.2, 0) is 16.8 Å². The van der Waals surface area contributed by atoms with E-state index in [4.69, 9.17) is 5.11 Å². The predicted molar refractivity (Wildman–Crippen MR) is 62.3 cm³/mol. The standard InChI is InChI=1S/C13H18O3/c1-13(2,16)11-8-6-10(7-9-11)4-3-5-12(14)15/h6-9,16H,3-5H2,1-2H3,(H,14,15). The zero-order valence-electron chi connectivity index (χ0n) is 9.73. The molecule has 0 saturated heterocycles. The third-order valence-corrected chi connectivity index (χ3v) is 2.52. The number of carboxylic acids is 1. The summed E-state index contributed by atoms with van der Waals surface area (Å²) in [6.07, 6.45) is 1.61. The van der Waals surface area contributed by atoms with Crippen LogP contribution in [0.25, 0.3) is 0 Å². The molecule has 0 aliphatic carbocycles. The Balaban J connectivity index is 2.55. The Bertz CT molecular complexity index is 346. The van der Waals surface area contributed by atoms with Gasteiger partial charge in [-0.15, -0.1) is 0 Å². The Morgan fingerprint density at radius 2 is 1.81 bits per heavy atom. The van der Waals surface area contributed by atoms with Crippen molar-refractivity contribution in [2.45, 2.75) is 38.7 Å². The average molecular weight is 222 g/mol. The number of rotatable bonds is 5. The highest BCUT2D eigenvalue weighted by molar-refractivity contribution is 5.66. The molecule has 1 aromatic rings. The molecule has 0 fully saturated rings. The fourth-order valence-electron chi connectivity index (χ4n) is 1.52. The second kappa shape index (κ2) is 5.12. The van der Waals surface area contributed by atoms with Crippen molar-refractivity contribution in [1.82, 2.24) is 0 Å². The van der Waals surface area contributed by atoms with Crippen LogP contribution in [0.2, 0.25) is 0 Å². The molecule has 3 heteroatoms. The molecule has 0 bridgehead atoms. The molecule has 16 heavy (non-hydrogen) atoms. The van der Waals surface area contributed by atoms with Crippen molar-refractivity contribution in [3.63, 3.8) is 0 Å². The third-order valence-electron chi connectivity index (χ3n) is 2.52. The Morgan fingerprint density at radius 1 is 1.25 bits per heavy atom. The lowest BCUT2D eigenvalue weighted by Crippen LogP contribution is -2.15. The van der Waals surface area contributed by atoms with Gasteiger partial charge in [0.25, 0.3) is 0 Å². The van der Waals surface area contributed by atoms with Crippen LogP contribution in [-0.4, -0.2) is 16.2 Å². The molecule has 0 unspecified atom stereocenters. The van der Waals surface area contributed by atoms with E-state index in [1.165, 1.54) is 0 Å². The maximum Gasteiger partial charge on any atom is 0.303 e. The van der Waals surface area contributed by atoms with E-state index >= 15 is 0 Å². The second-order valence-electron chi connectivity index (χ2n) is 4.50. The lowest BCUT2D eigenvalue weighted by Gasteiger charge is -2.17. The minimum atomic E-state index is -0.820. The van der Waals surface area contributed by atoms with Gasteiger partial charge in [-0.05, 0) is 37.8 Å². The number of aryl methyl sites for hydroxylation is 1. The van der Waals surface area contributed by atoms with Gasteiger partial charge in [0.2, 0.25) is 0 Å². The van der Waals surface area contributed by atoms with Crippen LogP contribution in [0.4, 0.5) is 0 Å². The molecular formula is C13H18O3. The minimum Gasteiger partial charge on any atom is -0.481 e. The molecular weight excluding hydrogens is 204 g/mol. The van der Waals surface area contributed by atoms with Crippen molar-refractivity contribution in [1.29, 1.82) is 0 Å². The van der Waals surface area contributed by atoms with Crippen molar-refractivity contribution in [3.8, 4) is 0 Å². The Hall–Kier alpha value is -1.35. The fraction of sp³-hybridized carbons (Fsp3) is 0.462. The van der Waals surface area contributed by atoms with Crippen LogP contribution >= 0.6 is 0 Å². The highest BCUT2D eigenvalue weighted by Gasteiger charge is 2.14. The minimum absolute atomic E-state index is 0.202. The summed E-state index contributed by atoms with van der Waals surface area (Å²) in [6.45, 7) is 3.48. The van der Waals surface area contributed by atoms with Gasteiger partial charge >= 0.3 is 5.97 Å². The van der Waals surface area contributed by atoms with Gasteiger partial charge in [-0.1, -0.05) is 24.3 Å². The maximum absolute atomic E-state index is 10.3. The quantitative estimate of drug-likeness (QED) is 0.803. The van der Waals surface area contributed by atoms with Crippen molar-refractivity contribution in [2.24, 2.45) is 0 Å². The molecule has 1 aromatic carbocycles. The van der Waals surface area contributed by atoms with Crippen molar-refractivity contribution >= 4 is 5.97 Å². The van der Waals surface area contributed by atoms with E-state index in [1.807, 2.05) is 24.3 Å². The molecule has 0 atom stereocenters. The fourth-order valence-corrected chi connectivity index (χ4v) is 1.52. The highest BCUT2D eigenvalue weighted by Crippen LogP contribution is 2.20. The first-order valence-electron chi connectivity index (χ1n) is 5.43. The Morgan fingerprint density at radius 3 is 2.25 bits per heavy atom. The molecule has 2 N–H and O–H groups in total. The Labute approximate surface area is 95.7 Å². The summed E-state index contributed by atoms with van der Waals surface area (Å²) in [6, 6.07) is 7.65. The van der Waals surface area contributed by atoms with E-state index in [0.29, 0.717) is 6.42 Å². The molecule has 3 nitrogen and oxygen atoms in total. The first kappa shape index (κ1) is 12.7. The molecule has 88 valence electrons. The number of carbonyl (C=O) groups is 1. The third kappa shape index (κ3) is 4.03. The second-order valence-corrected chi connectivity index (χ2v) is 4.50. The normalized spacial score (nSPS) is 11.4. The van der Waals surface area contributed by atoms with Gasteiger partial charge in [0.15, 0.2) is 0 Å². The summed E-state index contributed by atoms with van der Waals surface area (Å²) in [4.78, 5) is 10.3. The van der Waals surface area contributed by atoms with E-state index < -0.39 is 11.6 Å². The average Bonchev–Trinajstić information content (AvgIpc) is 2.16. The van der Waals surface area contributed by atoms with Gasteiger partial charge in [0, 0.05) is 6.42 Å². The van der Waals surface area contributed by atoms with Crippen LogP contribution in [0, 0.1) is 0 Å². The van der Waals surface area contributed by atoms with Gasteiger partial charge in [0.1, 0.15) is 0 Å². The number of hydrogen-bond acceptors (Lipinski definition) is 2. The van der Waals surface area contributed by atoms with E-state index in [9.17, 15) is 9.90 Å². The SMILES string of the molecule is CC(C)(O)c1ccc(CCCC(=O)O)cc1. The van der Waals surface area contributed by atoms with Crippen LogP contribution in [0.5, 0.6) is 0 Å². The summed E-state index contributed by atoms with van der Waals surface area (Å²) < 4.78 is 0. The molecule has 0 aliphatic rings. The van der Waals surface area contributed by atoms with E-state index in [0.717, 1.165) is 17.5 Å². The summed E-state index contributed by atoms with van der Waals surface area (Å²) in [5.74, 6) is -0.756. The monoisotopic (exact) mass is 222 g/mol. The lowest BCUT2D eigenvalue weighted by molar-refractivity contribution is -0.137. The number of aliphatic hydroxyl groups is 1. The van der Waals surface area contributed by atoms with Crippen LogP contribution in [0.15, 0.2) is 24.3 Å². The number of benzene rings is 1. The predicted octanol–water partition coefficient (Wildman–Crippen LogP) is 2.32. The largest absolute Gasteiger partial charge is 0.481 e. The van der Waals surface area contributed by atoms with Crippen LogP contribution in [0.1, 0.15) is 37.8 Å². The first-order chi connectivity index (χ1) is 7.39. The summed E-state index contributed by atoms with van der Waals surface area (Å²) in [5, 5.41) is 18.3. The zero-order valence-corrected chi connectivity index (χ0v) is 9.73. The van der Waals surface area contributed by atoms with Crippen LogP contribution in [0.3, 0.4) is 0 Å². The van der Waals surface area contributed by atoms with E-state index in [2.05, 4.69) is 0 Å². The maximum atomic E-state index is 10.3. The molecule has 0 radical (unpaired) electrons. The van der Waals surface area contributed by atoms with Gasteiger partial charge in [0.05, 0.1) is 5.60 Å². The van der Waals surface area contributed by atoms with Crippen molar-refractivity contribution < 1.29 is 15.0 Å². The topological polar surface area (TPSA) is 57.5 Å². The molecule has 0 heterocycles. The van der Waals surface area contributed by atoms with Crippen molar-refractivity contribution in [2.75, 3.05) is 0 Å². The van der Waals surface area contributed by atoms with E-state index in [-0.39, 0.29) is 6.42 Å². The highest BCUT2D eigenvalue weighted by atomic mass is 16.4. The van der Waals surface area contributed by atoms with E-state index in [1.54, 1.807) is 13.8 Å². The summed E-state index contributed by atoms with van der Waals surface area (Å²) >= 11 is 0. The number of carboxylic acid groups (broad SMARTS) is 1. The van der Waals surface area contributed by atoms with Gasteiger partial charge in [-0.3, -0.25) is 4.79 Å². The summed E-state index contributed by atoms with van der Waals surface area (Å²) in [7, 11) is 0. The van der Waals surface area contributed by atoms with Gasteiger partial charge in [-0.25, -0.2) is 0 Å². The molecule has 1 rings (SSSR count). The first-order valence-corrected chi connectivity index (χ1v) is 5.43. The smallest absolute Gasteiger partial charge is 0.303 e. The Kier molecular flexibility index (Phi) is 4.07. The molecule has 0 amide bonds.